The van der Waals surface area contributed by atoms with Crippen molar-refractivity contribution in [1.29, 1.82) is 0 Å². The molecule has 3 heterocycles. The number of Topliss-reactive ketones (excluding diaryl/α,β-unsaturated/α-hetero) is 2. The molecule has 2 spiro atoms. The Balaban J connectivity index is 1.60. The van der Waals surface area contributed by atoms with E-state index in [-0.39, 0.29) is 52.3 Å². The monoisotopic (exact) mass is 353 g/mol. The van der Waals surface area contributed by atoms with E-state index in [2.05, 4.69) is 25.0 Å². The van der Waals surface area contributed by atoms with Crippen molar-refractivity contribution < 1.29 is 14.7 Å². The molecule has 4 nitrogen and oxygen atoms in total. The van der Waals surface area contributed by atoms with Crippen LogP contribution in [0.3, 0.4) is 0 Å². The Labute approximate surface area is 154 Å². The van der Waals surface area contributed by atoms with Crippen molar-refractivity contribution in [3.63, 3.8) is 0 Å². The van der Waals surface area contributed by atoms with Crippen LogP contribution in [0.4, 0.5) is 0 Å². The maximum atomic E-state index is 13.6. The van der Waals surface area contributed by atoms with Crippen molar-refractivity contribution in [2.24, 2.45) is 34.0 Å². The van der Waals surface area contributed by atoms with Gasteiger partial charge in [-0.2, -0.15) is 0 Å². The summed E-state index contributed by atoms with van der Waals surface area (Å²) in [5.74, 6) is 0.562. The molecule has 0 aromatic heterocycles. The largest absolute Gasteiger partial charge is 0.394 e. The number of rotatable bonds is 1. The lowest BCUT2D eigenvalue weighted by atomic mass is 9.34. The summed E-state index contributed by atoms with van der Waals surface area (Å²) in [6, 6.07) is 0. The van der Waals surface area contributed by atoms with E-state index in [0.717, 1.165) is 38.8 Å². The zero-order valence-corrected chi connectivity index (χ0v) is 15.5. The number of carbonyl (C=O) groups excluding carboxylic acids is 2. The van der Waals surface area contributed by atoms with Gasteiger partial charge in [0.05, 0.1) is 12.0 Å². The number of nitrogens with zero attached hydrogens (tertiary/aromatic N) is 1. The zero-order chi connectivity index (χ0) is 18.3. The summed E-state index contributed by atoms with van der Waals surface area (Å²) in [5, 5.41) is 10.3. The number of carbonyl (C=O) groups is 2. The second-order valence-corrected chi connectivity index (χ2v) is 10.6. The summed E-state index contributed by atoms with van der Waals surface area (Å²) in [6.45, 7) is 12.7. The zero-order valence-electron chi connectivity index (χ0n) is 15.5. The molecule has 8 aliphatic rings. The molecule has 0 amide bonds. The van der Waals surface area contributed by atoms with Gasteiger partial charge in [-0.3, -0.25) is 14.5 Å². The van der Waals surface area contributed by atoms with Gasteiger partial charge in [0.25, 0.3) is 0 Å². The Hall–Kier alpha value is -1.26. The van der Waals surface area contributed by atoms with E-state index < -0.39 is 5.41 Å². The highest BCUT2D eigenvalue weighted by molar-refractivity contribution is 6.21. The molecule has 0 radical (unpaired) electrons. The topological polar surface area (TPSA) is 57.6 Å². The summed E-state index contributed by atoms with van der Waals surface area (Å²) >= 11 is 0. The van der Waals surface area contributed by atoms with Gasteiger partial charge in [-0.05, 0) is 65.9 Å². The fraction of sp³-hybridized carbons (Fsp3) is 0.727. The highest BCUT2D eigenvalue weighted by atomic mass is 16.3. The lowest BCUT2D eigenvalue weighted by Crippen LogP contribution is -2.70. The number of aliphatic hydroxyl groups is 1. The second kappa shape index (κ2) is 4.10. The smallest absolute Gasteiger partial charge is 0.172 e. The van der Waals surface area contributed by atoms with E-state index in [1.807, 2.05) is 0 Å². The molecule has 3 aliphatic heterocycles. The van der Waals surface area contributed by atoms with Crippen LogP contribution in [0.5, 0.6) is 0 Å². The molecule has 1 N–H and O–H groups in total. The van der Waals surface area contributed by atoms with Crippen molar-refractivity contribution in [3.05, 3.63) is 24.3 Å². The molecule has 6 bridgehead atoms. The molecule has 5 aliphatic carbocycles. The molecule has 0 aromatic carbocycles. The summed E-state index contributed by atoms with van der Waals surface area (Å²) in [6.07, 6.45) is 4.37. The van der Waals surface area contributed by atoms with Crippen molar-refractivity contribution in [2.75, 3.05) is 19.7 Å². The summed E-state index contributed by atoms with van der Waals surface area (Å²) in [7, 11) is 0. The number of hydrogen-bond donors (Lipinski definition) is 1. The predicted molar refractivity (Wildman–Crippen MR) is 96.2 cm³/mol. The van der Waals surface area contributed by atoms with Gasteiger partial charge >= 0.3 is 0 Å². The molecule has 0 aromatic rings. The molecule has 2 unspecified atom stereocenters. The second-order valence-electron chi connectivity index (χ2n) is 10.6. The van der Waals surface area contributed by atoms with Crippen LogP contribution in [-0.2, 0) is 9.59 Å². The molecule has 8 rings (SSSR count). The van der Waals surface area contributed by atoms with Gasteiger partial charge in [-0.25, -0.2) is 0 Å². The van der Waals surface area contributed by atoms with E-state index >= 15 is 0 Å². The Morgan fingerprint density at radius 1 is 1.15 bits per heavy atom. The van der Waals surface area contributed by atoms with Crippen LogP contribution >= 0.6 is 0 Å². The first-order valence-electron chi connectivity index (χ1n) is 10.1. The average Bonchev–Trinajstić information content (AvgIpc) is 2.99. The van der Waals surface area contributed by atoms with E-state index in [1.165, 1.54) is 0 Å². The summed E-state index contributed by atoms with van der Waals surface area (Å²) < 4.78 is 0. The standard InChI is InChI=1S/C22H27NO3/c1-12-14-4-5-22(17(12)25)15(6-14)21-8-20(11-24)7-19(3,9-23(20)10-21)16(21)13(2)18(22)26/h14-16,24H,1-2,4-11H2,3H3/t14-,15?,16?,19-,20-,21+,22-/m0/s1. The molecule has 4 heteroatoms. The van der Waals surface area contributed by atoms with Crippen molar-refractivity contribution in [1.82, 2.24) is 4.90 Å². The van der Waals surface area contributed by atoms with Crippen LogP contribution in [-0.4, -0.2) is 46.8 Å². The van der Waals surface area contributed by atoms with Crippen molar-refractivity contribution >= 4 is 11.6 Å². The lowest BCUT2D eigenvalue weighted by Gasteiger charge is -2.67. The minimum Gasteiger partial charge on any atom is -0.394 e. The molecule has 26 heavy (non-hydrogen) atoms. The highest BCUT2D eigenvalue weighted by Crippen LogP contribution is 2.77. The Morgan fingerprint density at radius 3 is 2.58 bits per heavy atom. The number of aliphatic hydroxyl groups excluding tert-OH is 1. The number of fused-ring (bicyclic) bond motifs is 2. The fourth-order valence-electron chi connectivity index (χ4n) is 9.20. The fourth-order valence-corrected chi connectivity index (χ4v) is 9.20. The number of ketones is 2. The Bertz CT molecular complexity index is 831. The molecule has 8 fully saturated rings. The minimum absolute atomic E-state index is 0.00959. The van der Waals surface area contributed by atoms with E-state index in [0.29, 0.717) is 17.6 Å². The normalized spacial score (nSPS) is 59.2. The van der Waals surface area contributed by atoms with Gasteiger partial charge < -0.3 is 5.11 Å². The van der Waals surface area contributed by atoms with Gasteiger partial charge in [-0.1, -0.05) is 20.1 Å². The van der Waals surface area contributed by atoms with Gasteiger partial charge in [0, 0.05) is 24.5 Å². The third-order valence-corrected chi connectivity index (χ3v) is 9.60. The number of hydrogen-bond acceptors (Lipinski definition) is 4. The van der Waals surface area contributed by atoms with E-state index in [1.54, 1.807) is 0 Å². The summed E-state index contributed by atoms with van der Waals surface area (Å²) in [4.78, 5) is 29.5. The van der Waals surface area contributed by atoms with Crippen LogP contribution in [0.2, 0.25) is 0 Å². The van der Waals surface area contributed by atoms with Gasteiger partial charge in [0.15, 0.2) is 11.6 Å². The first-order valence-corrected chi connectivity index (χ1v) is 10.1. The maximum absolute atomic E-state index is 13.6. The number of allylic oxidation sites excluding steroid dienone is 2. The van der Waals surface area contributed by atoms with E-state index in [9.17, 15) is 14.7 Å². The molecule has 138 valence electrons. The maximum Gasteiger partial charge on any atom is 0.172 e. The molecular weight excluding hydrogens is 326 g/mol. The van der Waals surface area contributed by atoms with Gasteiger partial charge in [0.1, 0.15) is 0 Å². The Morgan fingerprint density at radius 2 is 1.88 bits per heavy atom. The van der Waals surface area contributed by atoms with Crippen LogP contribution in [0.1, 0.15) is 39.0 Å². The van der Waals surface area contributed by atoms with E-state index in [4.69, 9.17) is 0 Å². The molecule has 5 saturated carbocycles. The van der Waals surface area contributed by atoms with Crippen LogP contribution in [0, 0.1) is 34.0 Å². The molecule has 8 atom stereocenters. The first-order chi connectivity index (χ1) is 12.2. The summed E-state index contributed by atoms with van der Waals surface area (Å²) in [5.41, 5.74) is 0.259. The minimum atomic E-state index is -0.897. The average molecular weight is 353 g/mol. The first kappa shape index (κ1) is 15.8. The third kappa shape index (κ3) is 1.28. The molecule has 3 saturated heterocycles. The van der Waals surface area contributed by atoms with Gasteiger partial charge in [-0.15, -0.1) is 0 Å². The van der Waals surface area contributed by atoms with Crippen LogP contribution in [0.25, 0.3) is 0 Å². The SMILES string of the molecule is C=C1C(=O)[C@@]23CC[C@@H](CC2[C@]24C[N@]5C[C@](C)(C[C@@]5(CO)C2)C14)C(=C)C3=O. The predicted octanol–water partition coefficient (Wildman–Crippen LogP) is 2.13. The van der Waals surface area contributed by atoms with Crippen LogP contribution < -0.4 is 0 Å². The lowest BCUT2D eigenvalue weighted by molar-refractivity contribution is -0.175. The van der Waals surface area contributed by atoms with Crippen molar-refractivity contribution in [2.45, 2.75) is 44.6 Å². The van der Waals surface area contributed by atoms with Crippen molar-refractivity contribution in [3.8, 4) is 0 Å². The highest BCUT2D eigenvalue weighted by Gasteiger charge is 2.80. The number of piperidine rings is 1. The Kier molecular flexibility index (Phi) is 2.48. The van der Waals surface area contributed by atoms with Gasteiger partial charge in [0.2, 0.25) is 0 Å². The third-order valence-electron chi connectivity index (χ3n) is 9.60. The molecular formula is C22H27NO3. The quantitative estimate of drug-likeness (QED) is 0.580. The van der Waals surface area contributed by atoms with Crippen LogP contribution in [0.15, 0.2) is 24.3 Å².